The Kier molecular flexibility index (Phi) is 18.5. The summed E-state index contributed by atoms with van der Waals surface area (Å²) in [6.07, 6.45) is 0. The first-order chi connectivity index (χ1) is 64.5. The number of thiophene rings is 2. The minimum atomic E-state index is -0.519. The van der Waals surface area contributed by atoms with Crippen LogP contribution in [0.15, 0.2) is 491 Å². The van der Waals surface area contributed by atoms with Crippen LogP contribution in [0, 0.1) is 0 Å². The van der Waals surface area contributed by atoms with Crippen LogP contribution in [0.4, 0.5) is 34.1 Å². The maximum Gasteiger partial charge on any atom is 0.0727 e. The van der Waals surface area contributed by atoms with Gasteiger partial charge in [-0.1, -0.05) is 358 Å². The molecule has 0 unspecified atom stereocenters. The molecule has 0 amide bonds. The van der Waals surface area contributed by atoms with Gasteiger partial charge in [0, 0.05) is 92.9 Å². The number of benzene rings is 20. The van der Waals surface area contributed by atoms with E-state index in [2.05, 4.69) is 515 Å². The number of para-hydroxylation sites is 6. The van der Waals surface area contributed by atoms with Crippen LogP contribution in [-0.4, -0.2) is 13.7 Å². The van der Waals surface area contributed by atoms with E-state index in [-0.39, 0.29) is 0 Å². The summed E-state index contributed by atoms with van der Waals surface area (Å²) in [5.41, 5.74) is 34.3. The summed E-state index contributed by atoms with van der Waals surface area (Å²) in [4.78, 5) is 4.80. The maximum atomic E-state index is 2.44. The highest BCUT2D eigenvalue weighted by molar-refractivity contribution is 7.27. The predicted octanol–water partition coefficient (Wildman–Crippen LogP) is 34.2. The summed E-state index contributed by atoms with van der Waals surface area (Å²) in [7, 11) is 0. The Balaban J connectivity index is 0.000000142. The molecule has 610 valence electrons. The summed E-state index contributed by atoms with van der Waals surface area (Å²) >= 11 is 3.80. The van der Waals surface area contributed by atoms with Crippen molar-refractivity contribution in [3.8, 4) is 72.7 Å². The van der Waals surface area contributed by atoms with Crippen molar-refractivity contribution in [3.63, 3.8) is 0 Å². The zero-order valence-corrected chi connectivity index (χ0v) is 72.5. The second-order valence-corrected chi connectivity index (χ2v) is 35.7. The third-order valence-electron chi connectivity index (χ3n) is 26.6. The molecule has 0 fully saturated rings. The molecule has 0 N–H and O–H groups in total. The summed E-state index contributed by atoms with van der Waals surface area (Å²) in [5, 5.41) is 10.1. The average Bonchev–Trinajstić information content (AvgIpc) is 1.50. The van der Waals surface area contributed by atoms with Crippen LogP contribution in [0.3, 0.4) is 0 Å². The molecule has 1 aliphatic carbocycles. The lowest BCUT2D eigenvalue weighted by Crippen LogP contribution is -2.28. The second kappa shape index (κ2) is 31.6. The van der Waals surface area contributed by atoms with Crippen molar-refractivity contribution in [1.82, 2.24) is 13.7 Å². The standard InChI is InChI=1S/C67H44N2S.C56H37N3S/c1-3-20-48(21-4-1)67(61-33-12-9-27-57(61)58-28-10-13-34-62(58)67)49-22-16-25-53(44-49)68(51-40-36-46(37-41-51)55-30-15-19-45-18-7-8-26-54(45)55)52-42-38-47(39-43-52)56-31-17-32-60-64-66(70-65(56)60)59-29-11-14-35-63(59)69(64)50-23-5-2-6-24-50;1-3-14-38(15-4-1)39-26-30-42(31-27-39)57(44-34-36-45(37-35-44)58-51-23-10-7-18-47(51)48-19-8-11-24-52(48)58)43-32-28-40(29-33-43)46-21-13-22-50-54-56(60-55(46)50)49-20-9-12-25-53(49)59(54)41-16-5-2-6-17-41/h1-44H;1-37H. The fourth-order valence-electron chi connectivity index (χ4n) is 20.8. The minimum absolute atomic E-state index is 0.519. The SMILES string of the molecule is c1ccc(-c2ccc(N(c3ccc(-c4cccc5c4sc4c6ccccc6n(-c6ccccc6)c54)cc3)c3ccc(-n4c5ccccc5c5ccccc54)cc3)cc2)cc1.c1ccc(-n2c3ccccc3c3sc4c(-c5ccc(N(c6ccc(-c7cccc8ccccc78)cc6)c6cccc(C7(c8ccccc8)c8ccccc8-c8ccccc87)c6)cc5)cccc4c32)cc1. The number of anilines is 6. The molecule has 0 saturated carbocycles. The molecule has 7 heteroatoms. The van der Waals surface area contributed by atoms with Crippen molar-refractivity contribution in [1.29, 1.82) is 0 Å². The Morgan fingerprint density at radius 2 is 0.500 bits per heavy atom. The van der Waals surface area contributed by atoms with E-state index < -0.39 is 5.41 Å². The largest absolute Gasteiger partial charge is 0.311 e. The van der Waals surface area contributed by atoms with Crippen LogP contribution in [0.1, 0.15) is 22.3 Å². The van der Waals surface area contributed by atoms with Gasteiger partial charge in [-0.15, -0.1) is 22.7 Å². The van der Waals surface area contributed by atoms with Gasteiger partial charge in [-0.25, -0.2) is 0 Å². The number of hydrogen-bond acceptors (Lipinski definition) is 4. The Morgan fingerprint density at radius 1 is 0.185 bits per heavy atom. The quantitative estimate of drug-likeness (QED) is 0.102. The molecule has 5 aromatic heterocycles. The molecule has 0 aliphatic heterocycles. The number of fused-ring (bicyclic) bond motifs is 17. The molecule has 0 spiro atoms. The van der Waals surface area contributed by atoms with Gasteiger partial charge in [-0.2, -0.15) is 0 Å². The van der Waals surface area contributed by atoms with Crippen molar-refractivity contribution in [2.45, 2.75) is 5.41 Å². The first-order valence-electron chi connectivity index (χ1n) is 44.5. The van der Waals surface area contributed by atoms with Crippen molar-refractivity contribution >= 4 is 152 Å². The third kappa shape index (κ3) is 12.5. The van der Waals surface area contributed by atoms with Crippen molar-refractivity contribution < 1.29 is 0 Å². The normalized spacial score (nSPS) is 12.2. The molecule has 0 saturated heterocycles. The van der Waals surface area contributed by atoms with Crippen molar-refractivity contribution in [2.24, 2.45) is 0 Å². The first-order valence-corrected chi connectivity index (χ1v) is 46.1. The number of rotatable bonds is 15. The van der Waals surface area contributed by atoms with E-state index >= 15 is 0 Å². The van der Waals surface area contributed by atoms with Crippen LogP contribution in [-0.2, 0) is 5.41 Å². The van der Waals surface area contributed by atoms with Crippen LogP contribution in [0.25, 0.3) is 168 Å². The molecule has 5 nitrogen and oxygen atoms in total. The Bertz CT molecular complexity index is 8520. The van der Waals surface area contributed by atoms with Crippen LogP contribution >= 0.6 is 22.7 Å². The van der Waals surface area contributed by atoms with Gasteiger partial charge >= 0.3 is 0 Å². The minimum Gasteiger partial charge on any atom is -0.311 e. The van der Waals surface area contributed by atoms with E-state index in [1.54, 1.807) is 0 Å². The molecule has 1 aliphatic rings. The molecule has 130 heavy (non-hydrogen) atoms. The lowest BCUT2D eigenvalue weighted by atomic mass is 9.67. The maximum absolute atomic E-state index is 2.44. The Labute approximate surface area is 761 Å². The topological polar surface area (TPSA) is 21.3 Å². The molecule has 0 bridgehead atoms. The van der Waals surface area contributed by atoms with Gasteiger partial charge in [-0.3, -0.25) is 0 Å². The zero-order chi connectivity index (χ0) is 85.7. The molecule has 25 aromatic rings. The van der Waals surface area contributed by atoms with Crippen LogP contribution < -0.4 is 9.80 Å². The first kappa shape index (κ1) is 76.1. The lowest BCUT2D eigenvalue weighted by Gasteiger charge is -2.35. The van der Waals surface area contributed by atoms with E-state index in [0.29, 0.717) is 0 Å². The number of hydrogen-bond donors (Lipinski definition) is 0. The van der Waals surface area contributed by atoms with Gasteiger partial charge in [-0.05, 0) is 222 Å². The van der Waals surface area contributed by atoms with Crippen molar-refractivity contribution in [3.05, 3.63) is 514 Å². The monoisotopic (exact) mass is 1690 g/mol. The predicted molar refractivity (Wildman–Crippen MR) is 553 cm³/mol. The average molecular weight is 1690 g/mol. The van der Waals surface area contributed by atoms with Crippen LogP contribution in [0.2, 0.25) is 0 Å². The van der Waals surface area contributed by atoms with Gasteiger partial charge in [0.25, 0.3) is 0 Å². The van der Waals surface area contributed by atoms with Gasteiger partial charge in [0.05, 0.1) is 47.9 Å². The van der Waals surface area contributed by atoms with Crippen molar-refractivity contribution in [2.75, 3.05) is 9.80 Å². The summed E-state index contributed by atoms with van der Waals surface area (Å²) in [5.74, 6) is 0. The van der Waals surface area contributed by atoms with Gasteiger partial charge in [0.1, 0.15) is 0 Å². The van der Waals surface area contributed by atoms with E-state index in [9.17, 15) is 0 Å². The van der Waals surface area contributed by atoms with E-state index in [1.165, 1.54) is 184 Å². The highest BCUT2D eigenvalue weighted by Crippen LogP contribution is 2.58. The highest BCUT2D eigenvalue weighted by Gasteiger charge is 2.46. The number of nitrogens with zero attached hydrogens (tertiary/aromatic N) is 5. The summed E-state index contributed by atoms with van der Waals surface area (Å²) in [6, 6.07) is 180. The molecular formula is C123H81N5S2. The van der Waals surface area contributed by atoms with Gasteiger partial charge in [0.15, 0.2) is 0 Å². The van der Waals surface area contributed by atoms with E-state index in [0.717, 1.165) is 39.8 Å². The second-order valence-electron chi connectivity index (χ2n) is 33.7. The van der Waals surface area contributed by atoms with Crippen LogP contribution in [0.5, 0.6) is 0 Å². The Morgan fingerprint density at radius 3 is 0.992 bits per heavy atom. The fourth-order valence-corrected chi connectivity index (χ4v) is 23.6. The molecule has 26 rings (SSSR count). The van der Waals surface area contributed by atoms with E-state index in [1.807, 2.05) is 22.7 Å². The summed E-state index contributed by atoms with van der Waals surface area (Å²) < 4.78 is 12.5. The van der Waals surface area contributed by atoms with E-state index in [4.69, 9.17) is 0 Å². The zero-order valence-electron chi connectivity index (χ0n) is 70.8. The van der Waals surface area contributed by atoms with Gasteiger partial charge in [0.2, 0.25) is 0 Å². The highest BCUT2D eigenvalue weighted by atomic mass is 32.1. The number of aromatic nitrogens is 3. The lowest BCUT2D eigenvalue weighted by molar-refractivity contribution is 0.768. The molecule has 0 atom stereocenters. The third-order valence-corrected chi connectivity index (χ3v) is 29.1. The summed E-state index contributed by atoms with van der Waals surface area (Å²) in [6.45, 7) is 0. The van der Waals surface area contributed by atoms with Gasteiger partial charge < -0.3 is 23.5 Å². The molecular weight excluding hydrogens is 1610 g/mol. The molecule has 5 heterocycles. The molecule has 0 radical (unpaired) electrons. The molecule has 20 aromatic carbocycles. The Hall–Kier alpha value is -16.4. The smallest absolute Gasteiger partial charge is 0.0727 e. The fraction of sp³-hybridized carbons (Fsp3) is 0.00813.